The van der Waals surface area contributed by atoms with E-state index in [1.165, 1.54) is 0 Å². The first-order valence-corrected chi connectivity index (χ1v) is 8.34. The SMILES string of the molecule is COc1ccc(C(N)C2CCS(=O)(=O)C2)cc1Br. The summed E-state index contributed by atoms with van der Waals surface area (Å²) in [6.07, 6.45) is 0.646. The van der Waals surface area contributed by atoms with Crippen LogP contribution in [0.25, 0.3) is 0 Å². The lowest BCUT2D eigenvalue weighted by atomic mass is 9.93. The largest absolute Gasteiger partial charge is 0.496 e. The molecule has 0 saturated carbocycles. The molecule has 1 saturated heterocycles. The molecular formula is C12H16BrNO3S. The number of hydrogen-bond acceptors (Lipinski definition) is 4. The van der Waals surface area contributed by atoms with Crippen molar-refractivity contribution in [3.63, 3.8) is 0 Å². The number of hydrogen-bond donors (Lipinski definition) is 1. The lowest BCUT2D eigenvalue weighted by Crippen LogP contribution is -2.22. The molecule has 0 amide bonds. The van der Waals surface area contributed by atoms with Gasteiger partial charge in [-0.3, -0.25) is 0 Å². The fourth-order valence-electron chi connectivity index (χ4n) is 2.27. The van der Waals surface area contributed by atoms with E-state index in [0.29, 0.717) is 6.42 Å². The predicted molar refractivity (Wildman–Crippen MR) is 74.4 cm³/mol. The molecule has 2 unspecified atom stereocenters. The Bertz CT molecular complexity index is 544. The van der Waals surface area contributed by atoms with Gasteiger partial charge in [-0.1, -0.05) is 6.07 Å². The first kappa shape index (κ1) is 13.8. The fourth-order valence-corrected chi connectivity index (χ4v) is 4.68. The molecule has 0 aliphatic carbocycles. The van der Waals surface area contributed by atoms with Crippen LogP contribution in [-0.2, 0) is 9.84 Å². The van der Waals surface area contributed by atoms with Gasteiger partial charge in [0.2, 0.25) is 0 Å². The van der Waals surface area contributed by atoms with Crippen LogP contribution in [0.4, 0.5) is 0 Å². The van der Waals surface area contributed by atoms with Crippen molar-refractivity contribution in [1.82, 2.24) is 0 Å². The van der Waals surface area contributed by atoms with Crippen LogP contribution in [0.1, 0.15) is 18.0 Å². The van der Waals surface area contributed by atoms with E-state index in [0.717, 1.165) is 15.8 Å². The zero-order valence-electron chi connectivity index (χ0n) is 10.1. The van der Waals surface area contributed by atoms with Crippen molar-refractivity contribution in [1.29, 1.82) is 0 Å². The lowest BCUT2D eigenvalue weighted by Gasteiger charge is -2.19. The van der Waals surface area contributed by atoms with Gasteiger partial charge in [0.1, 0.15) is 5.75 Å². The molecule has 1 aromatic rings. The van der Waals surface area contributed by atoms with Gasteiger partial charge in [0.25, 0.3) is 0 Å². The van der Waals surface area contributed by atoms with Gasteiger partial charge in [0.05, 0.1) is 23.1 Å². The van der Waals surface area contributed by atoms with Crippen LogP contribution < -0.4 is 10.5 Å². The highest BCUT2D eigenvalue weighted by Gasteiger charge is 2.32. The number of nitrogens with two attached hydrogens (primary N) is 1. The Morgan fingerprint density at radius 3 is 2.72 bits per heavy atom. The van der Waals surface area contributed by atoms with Crippen LogP contribution in [0.15, 0.2) is 22.7 Å². The normalized spacial score (nSPS) is 23.8. The summed E-state index contributed by atoms with van der Waals surface area (Å²) in [6, 6.07) is 5.38. The molecule has 2 atom stereocenters. The van der Waals surface area contributed by atoms with Crippen LogP contribution in [0, 0.1) is 5.92 Å². The molecule has 4 nitrogen and oxygen atoms in total. The molecule has 100 valence electrons. The van der Waals surface area contributed by atoms with Crippen molar-refractivity contribution in [3.05, 3.63) is 28.2 Å². The maximum Gasteiger partial charge on any atom is 0.150 e. The highest BCUT2D eigenvalue weighted by Crippen LogP contribution is 2.33. The van der Waals surface area contributed by atoms with Gasteiger partial charge in [-0.25, -0.2) is 8.42 Å². The first-order chi connectivity index (χ1) is 8.43. The Kier molecular flexibility index (Phi) is 3.99. The van der Waals surface area contributed by atoms with E-state index in [1.54, 1.807) is 7.11 Å². The van der Waals surface area contributed by atoms with Crippen LogP contribution in [0.3, 0.4) is 0 Å². The van der Waals surface area contributed by atoms with Crippen LogP contribution in [-0.4, -0.2) is 27.0 Å². The van der Waals surface area contributed by atoms with Crippen LogP contribution in [0.2, 0.25) is 0 Å². The standard InChI is InChI=1S/C12H16BrNO3S/c1-17-11-3-2-8(6-10(11)13)12(14)9-4-5-18(15,16)7-9/h2-3,6,9,12H,4-5,7,14H2,1H3. The summed E-state index contributed by atoms with van der Waals surface area (Å²) in [5.41, 5.74) is 7.09. The van der Waals surface area contributed by atoms with Crippen LogP contribution in [0.5, 0.6) is 5.75 Å². The summed E-state index contributed by atoms with van der Waals surface area (Å²) in [5, 5.41) is 0. The quantitative estimate of drug-likeness (QED) is 0.917. The van der Waals surface area contributed by atoms with Crippen LogP contribution >= 0.6 is 15.9 Å². The zero-order chi connectivity index (χ0) is 13.3. The number of benzene rings is 1. The predicted octanol–water partition coefficient (Wildman–Crippen LogP) is 1.89. The number of ether oxygens (including phenoxy) is 1. The van der Waals surface area contributed by atoms with Gasteiger partial charge in [-0.2, -0.15) is 0 Å². The molecule has 0 aromatic heterocycles. The molecule has 18 heavy (non-hydrogen) atoms. The van der Waals surface area contributed by atoms with E-state index >= 15 is 0 Å². The molecule has 1 fully saturated rings. The van der Waals surface area contributed by atoms with Gasteiger partial charge in [0, 0.05) is 6.04 Å². The molecule has 1 heterocycles. The second-order valence-electron chi connectivity index (χ2n) is 4.58. The third kappa shape index (κ3) is 2.87. The van der Waals surface area contributed by atoms with Crippen molar-refractivity contribution in [2.45, 2.75) is 12.5 Å². The van der Waals surface area contributed by atoms with E-state index < -0.39 is 9.84 Å². The van der Waals surface area contributed by atoms with Gasteiger partial charge < -0.3 is 10.5 Å². The highest BCUT2D eigenvalue weighted by atomic mass is 79.9. The number of sulfone groups is 1. The number of halogens is 1. The minimum atomic E-state index is -2.89. The maximum absolute atomic E-state index is 11.5. The molecule has 0 bridgehead atoms. The Labute approximate surface area is 116 Å². The molecule has 1 aliphatic heterocycles. The molecule has 6 heteroatoms. The van der Waals surface area contributed by atoms with Crippen molar-refractivity contribution >= 4 is 25.8 Å². The summed E-state index contributed by atoms with van der Waals surface area (Å²) < 4.78 is 28.9. The third-order valence-corrected chi connectivity index (χ3v) is 5.75. The van der Waals surface area contributed by atoms with Crippen molar-refractivity contribution in [2.24, 2.45) is 11.7 Å². The summed E-state index contributed by atoms with van der Waals surface area (Å²) in [6.45, 7) is 0. The minimum absolute atomic E-state index is 0.00953. The second kappa shape index (κ2) is 5.19. The molecular weight excluding hydrogens is 318 g/mol. The smallest absolute Gasteiger partial charge is 0.150 e. The molecule has 1 aliphatic rings. The van der Waals surface area contributed by atoms with Gasteiger partial charge in [-0.15, -0.1) is 0 Å². The van der Waals surface area contributed by atoms with Gasteiger partial charge >= 0.3 is 0 Å². The van der Waals surface area contributed by atoms with Crippen molar-refractivity contribution in [2.75, 3.05) is 18.6 Å². The Morgan fingerprint density at radius 2 is 2.22 bits per heavy atom. The van der Waals surface area contributed by atoms with Crippen molar-refractivity contribution in [3.8, 4) is 5.75 Å². The second-order valence-corrected chi connectivity index (χ2v) is 7.67. The van der Waals surface area contributed by atoms with E-state index in [1.807, 2.05) is 18.2 Å². The lowest BCUT2D eigenvalue weighted by molar-refractivity contribution is 0.411. The highest BCUT2D eigenvalue weighted by molar-refractivity contribution is 9.10. The molecule has 1 aromatic carbocycles. The summed E-state index contributed by atoms with van der Waals surface area (Å²) >= 11 is 3.41. The fraction of sp³-hybridized carbons (Fsp3) is 0.500. The molecule has 2 rings (SSSR count). The van der Waals surface area contributed by atoms with E-state index in [4.69, 9.17) is 10.5 Å². The maximum atomic E-state index is 11.5. The molecule has 0 spiro atoms. The molecule has 2 N–H and O–H groups in total. The Balaban J connectivity index is 2.19. The zero-order valence-corrected chi connectivity index (χ0v) is 12.5. The minimum Gasteiger partial charge on any atom is -0.496 e. The average Bonchev–Trinajstić information content (AvgIpc) is 2.68. The van der Waals surface area contributed by atoms with Crippen molar-refractivity contribution < 1.29 is 13.2 Å². The van der Waals surface area contributed by atoms with E-state index in [-0.39, 0.29) is 23.5 Å². The summed E-state index contributed by atoms with van der Waals surface area (Å²) in [7, 11) is -1.29. The van der Waals surface area contributed by atoms with E-state index in [2.05, 4.69) is 15.9 Å². The summed E-state index contributed by atoms with van der Waals surface area (Å²) in [4.78, 5) is 0. The number of rotatable bonds is 3. The topological polar surface area (TPSA) is 69.4 Å². The third-order valence-electron chi connectivity index (χ3n) is 3.34. The first-order valence-electron chi connectivity index (χ1n) is 5.72. The Morgan fingerprint density at radius 1 is 1.50 bits per heavy atom. The number of methoxy groups -OCH3 is 1. The van der Waals surface area contributed by atoms with Gasteiger partial charge in [0.15, 0.2) is 9.84 Å². The molecule has 0 radical (unpaired) electrons. The van der Waals surface area contributed by atoms with Gasteiger partial charge in [-0.05, 0) is 46.0 Å². The Hall–Kier alpha value is -0.590. The summed E-state index contributed by atoms with van der Waals surface area (Å²) in [5.74, 6) is 1.20. The van der Waals surface area contributed by atoms with E-state index in [9.17, 15) is 8.42 Å². The average molecular weight is 334 g/mol. The monoisotopic (exact) mass is 333 g/mol.